The van der Waals surface area contributed by atoms with Crippen LogP contribution >= 0.6 is 0 Å². The van der Waals surface area contributed by atoms with E-state index in [1.54, 1.807) is 7.05 Å². The fraction of sp³-hybridized carbons (Fsp3) is 0.929. The number of amides is 2. The highest BCUT2D eigenvalue weighted by atomic mass is 16.3. The Morgan fingerprint density at radius 2 is 2.11 bits per heavy atom. The van der Waals surface area contributed by atoms with Crippen LogP contribution in [0.15, 0.2) is 0 Å². The average molecular weight is 271 g/mol. The van der Waals surface area contributed by atoms with E-state index in [0.29, 0.717) is 19.0 Å². The van der Waals surface area contributed by atoms with Gasteiger partial charge >= 0.3 is 6.03 Å². The third kappa shape index (κ3) is 4.35. The lowest BCUT2D eigenvalue weighted by Gasteiger charge is -2.45. The van der Waals surface area contributed by atoms with Crippen LogP contribution in [0, 0.1) is 5.92 Å². The number of hydrogen-bond donors (Lipinski definition) is 2. The zero-order valence-corrected chi connectivity index (χ0v) is 12.8. The number of nitrogens with zero attached hydrogens (tertiary/aromatic N) is 2. The van der Waals surface area contributed by atoms with Crippen LogP contribution in [0.25, 0.3) is 0 Å². The van der Waals surface area contributed by atoms with Gasteiger partial charge in [-0.2, -0.15) is 0 Å². The smallest absolute Gasteiger partial charge is 0.317 e. The number of aliphatic hydroxyl groups is 1. The molecule has 2 unspecified atom stereocenters. The van der Waals surface area contributed by atoms with Crippen LogP contribution in [0.2, 0.25) is 0 Å². The van der Waals surface area contributed by atoms with Gasteiger partial charge in [-0.25, -0.2) is 4.79 Å². The summed E-state index contributed by atoms with van der Waals surface area (Å²) in [4.78, 5) is 15.7. The first-order valence-corrected chi connectivity index (χ1v) is 7.18. The lowest BCUT2D eigenvalue weighted by atomic mass is 9.75. The van der Waals surface area contributed by atoms with Crippen LogP contribution in [-0.4, -0.2) is 67.3 Å². The predicted molar refractivity (Wildman–Crippen MR) is 77.2 cm³/mol. The molecule has 0 heterocycles. The standard InChI is InChI=1S/C14H29N3O2/c1-12-6-5-7-14(10-12,16(2)3)11-15-13(19)17(4)8-9-18/h12,18H,5-11H2,1-4H3,(H,15,19). The second-order valence-electron chi connectivity index (χ2n) is 6.12. The van der Waals surface area contributed by atoms with Crippen LogP contribution in [0.4, 0.5) is 4.79 Å². The first-order valence-electron chi connectivity index (χ1n) is 7.18. The number of rotatable bonds is 5. The molecule has 1 aliphatic carbocycles. The van der Waals surface area contributed by atoms with Crippen LogP contribution < -0.4 is 5.32 Å². The van der Waals surface area contributed by atoms with Gasteiger partial charge in [0.15, 0.2) is 0 Å². The Kier molecular flexibility index (Phi) is 6.07. The van der Waals surface area contributed by atoms with E-state index in [-0.39, 0.29) is 18.2 Å². The lowest BCUT2D eigenvalue weighted by Crippen LogP contribution is -2.56. The van der Waals surface area contributed by atoms with E-state index < -0.39 is 0 Å². The molecular formula is C14H29N3O2. The molecule has 1 aliphatic rings. The van der Waals surface area contributed by atoms with Gasteiger partial charge < -0.3 is 20.2 Å². The summed E-state index contributed by atoms with van der Waals surface area (Å²) in [6, 6.07) is -0.103. The van der Waals surface area contributed by atoms with E-state index in [1.165, 1.54) is 17.7 Å². The first kappa shape index (κ1) is 16.2. The van der Waals surface area contributed by atoms with Gasteiger partial charge in [-0.3, -0.25) is 0 Å². The van der Waals surface area contributed by atoms with Crippen molar-refractivity contribution in [3.8, 4) is 0 Å². The number of aliphatic hydroxyl groups excluding tert-OH is 1. The van der Waals surface area contributed by atoms with Crippen molar-refractivity contribution in [2.24, 2.45) is 5.92 Å². The van der Waals surface area contributed by atoms with Crippen LogP contribution in [-0.2, 0) is 0 Å². The third-order valence-corrected chi connectivity index (χ3v) is 4.37. The zero-order valence-electron chi connectivity index (χ0n) is 12.8. The minimum absolute atomic E-state index is 0.000221. The monoisotopic (exact) mass is 271 g/mol. The van der Waals surface area contributed by atoms with Gasteiger partial charge in [0.1, 0.15) is 0 Å². The Labute approximate surface area is 117 Å². The van der Waals surface area contributed by atoms with Gasteiger partial charge in [-0.1, -0.05) is 19.8 Å². The summed E-state index contributed by atoms with van der Waals surface area (Å²) >= 11 is 0. The molecule has 0 spiro atoms. The van der Waals surface area contributed by atoms with E-state index in [4.69, 9.17) is 5.11 Å². The maximum Gasteiger partial charge on any atom is 0.317 e. The third-order valence-electron chi connectivity index (χ3n) is 4.37. The van der Waals surface area contributed by atoms with Crippen molar-refractivity contribution in [2.75, 3.05) is 40.8 Å². The number of carbonyl (C=O) groups excluding carboxylic acids is 1. The van der Waals surface area contributed by atoms with Gasteiger partial charge in [0.25, 0.3) is 0 Å². The van der Waals surface area contributed by atoms with Crippen molar-refractivity contribution in [3.05, 3.63) is 0 Å². The van der Waals surface area contributed by atoms with Crippen molar-refractivity contribution in [3.63, 3.8) is 0 Å². The molecule has 0 bridgehead atoms. The van der Waals surface area contributed by atoms with Gasteiger partial charge in [0, 0.05) is 25.7 Å². The average Bonchev–Trinajstić information content (AvgIpc) is 2.36. The second-order valence-corrected chi connectivity index (χ2v) is 6.12. The van der Waals surface area contributed by atoms with Crippen molar-refractivity contribution < 1.29 is 9.90 Å². The summed E-state index contributed by atoms with van der Waals surface area (Å²) in [6.45, 7) is 3.34. The van der Waals surface area contributed by atoms with E-state index in [1.807, 2.05) is 0 Å². The van der Waals surface area contributed by atoms with Crippen LogP contribution in [0.1, 0.15) is 32.6 Å². The minimum Gasteiger partial charge on any atom is -0.395 e. The Bertz CT molecular complexity index is 296. The van der Waals surface area contributed by atoms with Gasteiger partial charge in [0.05, 0.1) is 6.61 Å². The highest BCUT2D eigenvalue weighted by Crippen LogP contribution is 2.35. The molecule has 1 saturated carbocycles. The summed E-state index contributed by atoms with van der Waals surface area (Å²) in [7, 11) is 5.90. The second kappa shape index (κ2) is 7.10. The molecule has 5 nitrogen and oxygen atoms in total. The number of carbonyl (C=O) groups is 1. The molecule has 0 aliphatic heterocycles. The fourth-order valence-electron chi connectivity index (χ4n) is 2.98. The van der Waals surface area contributed by atoms with Gasteiger partial charge in [0.2, 0.25) is 0 Å². The minimum atomic E-state index is -0.103. The molecule has 5 heteroatoms. The maximum atomic E-state index is 11.9. The number of likely N-dealkylation sites (N-methyl/N-ethyl adjacent to an activating group) is 2. The summed E-state index contributed by atoms with van der Waals surface area (Å²) in [5.41, 5.74) is 0.0768. The SMILES string of the molecule is CC1CCCC(CNC(=O)N(C)CCO)(N(C)C)C1. The molecule has 112 valence electrons. The fourth-order valence-corrected chi connectivity index (χ4v) is 2.98. The Balaban J connectivity index is 2.57. The highest BCUT2D eigenvalue weighted by molar-refractivity contribution is 5.73. The molecular weight excluding hydrogens is 242 g/mol. The topological polar surface area (TPSA) is 55.8 Å². The molecule has 0 aromatic rings. The number of nitrogens with one attached hydrogen (secondary N) is 1. The molecule has 1 fully saturated rings. The molecule has 2 N–H and O–H groups in total. The van der Waals surface area contributed by atoms with E-state index in [0.717, 1.165) is 12.8 Å². The Morgan fingerprint density at radius 1 is 1.42 bits per heavy atom. The van der Waals surface area contributed by atoms with Crippen molar-refractivity contribution in [1.29, 1.82) is 0 Å². The molecule has 2 amide bonds. The largest absolute Gasteiger partial charge is 0.395 e. The summed E-state index contributed by atoms with van der Waals surface area (Å²) in [5, 5.41) is 11.9. The Morgan fingerprint density at radius 3 is 2.63 bits per heavy atom. The Hall–Kier alpha value is -0.810. The summed E-state index contributed by atoms with van der Waals surface area (Å²) in [5.74, 6) is 0.711. The maximum absolute atomic E-state index is 11.9. The van der Waals surface area contributed by atoms with Crippen molar-refractivity contribution in [2.45, 2.75) is 38.1 Å². The normalized spacial score (nSPS) is 27.4. The van der Waals surface area contributed by atoms with Gasteiger partial charge in [-0.05, 0) is 32.9 Å². The highest BCUT2D eigenvalue weighted by Gasteiger charge is 2.37. The van der Waals surface area contributed by atoms with Crippen LogP contribution in [0.5, 0.6) is 0 Å². The van der Waals surface area contributed by atoms with Crippen molar-refractivity contribution in [1.82, 2.24) is 15.1 Å². The lowest BCUT2D eigenvalue weighted by molar-refractivity contribution is 0.0755. The van der Waals surface area contributed by atoms with E-state index in [2.05, 4.69) is 31.2 Å². The quantitative estimate of drug-likeness (QED) is 0.788. The van der Waals surface area contributed by atoms with Crippen LogP contribution in [0.3, 0.4) is 0 Å². The predicted octanol–water partition coefficient (Wildman–Crippen LogP) is 1.13. The molecule has 0 aromatic heterocycles. The molecule has 2 atom stereocenters. The first-order chi connectivity index (χ1) is 8.91. The molecule has 0 aromatic carbocycles. The number of hydrogen-bond acceptors (Lipinski definition) is 3. The van der Waals surface area contributed by atoms with Gasteiger partial charge in [-0.15, -0.1) is 0 Å². The molecule has 0 saturated heterocycles. The summed E-state index contributed by atoms with van der Waals surface area (Å²) < 4.78 is 0. The van der Waals surface area contributed by atoms with Crippen molar-refractivity contribution >= 4 is 6.03 Å². The zero-order chi connectivity index (χ0) is 14.5. The van der Waals surface area contributed by atoms with E-state index in [9.17, 15) is 4.79 Å². The number of urea groups is 1. The molecule has 1 rings (SSSR count). The molecule has 0 radical (unpaired) electrons. The van der Waals surface area contributed by atoms with E-state index >= 15 is 0 Å². The molecule has 19 heavy (non-hydrogen) atoms. The summed E-state index contributed by atoms with van der Waals surface area (Å²) in [6.07, 6.45) is 4.77.